The van der Waals surface area contributed by atoms with Crippen LogP contribution in [-0.4, -0.2) is 40.8 Å². The molecule has 1 aromatic heterocycles. The summed E-state index contributed by atoms with van der Waals surface area (Å²) in [5.74, 6) is -0.294. The molecular formula is C14H19NO3S. The molecular weight excluding hydrogens is 262 g/mol. The maximum Gasteiger partial charge on any atom is 0.328 e. The van der Waals surface area contributed by atoms with Gasteiger partial charge in [-0.3, -0.25) is 4.90 Å². The number of hydrogen-bond donors (Lipinski definition) is 2. The van der Waals surface area contributed by atoms with Gasteiger partial charge in [-0.1, -0.05) is 0 Å². The molecule has 1 aliphatic rings. The van der Waals surface area contributed by atoms with E-state index in [9.17, 15) is 4.79 Å². The fraction of sp³-hybridized carbons (Fsp3) is 0.500. The second kappa shape index (κ2) is 6.84. The van der Waals surface area contributed by atoms with Gasteiger partial charge in [0.1, 0.15) is 0 Å². The Kier molecular flexibility index (Phi) is 5.13. The van der Waals surface area contributed by atoms with Gasteiger partial charge in [0.15, 0.2) is 0 Å². The zero-order valence-electron chi connectivity index (χ0n) is 10.8. The van der Waals surface area contributed by atoms with Crippen molar-refractivity contribution in [2.24, 2.45) is 5.92 Å². The highest BCUT2D eigenvalue weighted by Gasteiger charge is 2.22. The quantitative estimate of drug-likeness (QED) is 0.784. The molecule has 2 rings (SSSR count). The fourth-order valence-corrected chi connectivity index (χ4v) is 3.38. The van der Waals surface area contributed by atoms with Gasteiger partial charge in [0.2, 0.25) is 0 Å². The zero-order chi connectivity index (χ0) is 13.7. The van der Waals surface area contributed by atoms with Gasteiger partial charge < -0.3 is 10.2 Å². The summed E-state index contributed by atoms with van der Waals surface area (Å²) in [6.45, 7) is 3.34. The summed E-state index contributed by atoms with van der Waals surface area (Å²) in [6.07, 6.45) is 4.86. The monoisotopic (exact) mass is 281 g/mol. The van der Waals surface area contributed by atoms with Crippen LogP contribution in [0.1, 0.15) is 22.6 Å². The number of likely N-dealkylation sites (tertiary alicyclic amines) is 1. The topological polar surface area (TPSA) is 60.8 Å². The molecule has 0 amide bonds. The normalized spacial score (nSPS) is 20.4. The molecule has 104 valence electrons. The molecule has 1 aliphatic heterocycles. The van der Waals surface area contributed by atoms with Crippen molar-refractivity contribution in [2.75, 3.05) is 19.7 Å². The number of nitrogens with zero attached hydrogens (tertiary/aromatic N) is 1. The van der Waals surface area contributed by atoms with E-state index in [1.807, 2.05) is 6.07 Å². The number of hydrogen-bond acceptors (Lipinski definition) is 4. The number of carbonyl (C=O) groups is 1. The Morgan fingerprint density at radius 3 is 3.11 bits per heavy atom. The van der Waals surface area contributed by atoms with Crippen molar-refractivity contribution in [1.29, 1.82) is 0 Å². The highest BCUT2D eigenvalue weighted by atomic mass is 32.1. The van der Waals surface area contributed by atoms with E-state index in [4.69, 9.17) is 10.2 Å². The Balaban J connectivity index is 1.85. The first kappa shape index (κ1) is 14.2. The van der Waals surface area contributed by atoms with Gasteiger partial charge in [0, 0.05) is 35.5 Å². The fourth-order valence-electron chi connectivity index (χ4n) is 2.42. The summed E-state index contributed by atoms with van der Waals surface area (Å²) in [6, 6.07) is 4.02. The van der Waals surface area contributed by atoms with Crippen LogP contribution in [0.2, 0.25) is 0 Å². The zero-order valence-corrected chi connectivity index (χ0v) is 11.6. The average Bonchev–Trinajstić information content (AvgIpc) is 2.98. The predicted octanol–water partition coefficient (Wildman–Crippen LogP) is 2.05. The second-order valence-corrected chi connectivity index (χ2v) is 6.08. The Bertz CT molecular complexity index is 455. The van der Waals surface area contributed by atoms with Crippen LogP contribution in [0.3, 0.4) is 0 Å². The first-order valence-electron chi connectivity index (χ1n) is 6.50. The summed E-state index contributed by atoms with van der Waals surface area (Å²) in [7, 11) is 0. The first-order chi connectivity index (χ1) is 9.17. The third-order valence-electron chi connectivity index (χ3n) is 3.36. The van der Waals surface area contributed by atoms with Gasteiger partial charge in [-0.2, -0.15) is 0 Å². The number of rotatable bonds is 6. The average molecular weight is 281 g/mol. The van der Waals surface area contributed by atoms with E-state index in [1.165, 1.54) is 11.0 Å². The van der Waals surface area contributed by atoms with Crippen LogP contribution in [0, 0.1) is 5.92 Å². The van der Waals surface area contributed by atoms with Crippen LogP contribution in [0.4, 0.5) is 0 Å². The van der Waals surface area contributed by atoms with Crippen molar-refractivity contribution in [3.05, 3.63) is 28.0 Å². The lowest BCUT2D eigenvalue weighted by Crippen LogP contribution is -2.19. The minimum atomic E-state index is -0.915. The van der Waals surface area contributed by atoms with Gasteiger partial charge in [0.05, 0.1) is 0 Å². The lowest BCUT2D eigenvalue weighted by molar-refractivity contribution is -0.131. The molecule has 1 aromatic rings. The maximum absolute atomic E-state index is 10.4. The third kappa shape index (κ3) is 4.45. The van der Waals surface area contributed by atoms with Crippen molar-refractivity contribution in [3.8, 4) is 0 Å². The number of carboxylic acid groups (broad SMARTS) is 1. The Labute approximate surface area is 117 Å². The van der Waals surface area contributed by atoms with Crippen LogP contribution >= 0.6 is 11.3 Å². The number of aliphatic carboxylic acids is 1. The first-order valence-corrected chi connectivity index (χ1v) is 7.32. The van der Waals surface area contributed by atoms with Gasteiger partial charge in [-0.05, 0) is 43.5 Å². The molecule has 0 radical (unpaired) electrons. The summed E-state index contributed by atoms with van der Waals surface area (Å²) in [4.78, 5) is 15.1. The summed E-state index contributed by atoms with van der Waals surface area (Å²) in [5, 5.41) is 17.5. The van der Waals surface area contributed by atoms with Crippen molar-refractivity contribution in [2.45, 2.75) is 19.4 Å². The number of carboxylic acids is 1. The van der Waals surface area contributed by atoms with E-state index >= 15 is 0 Å². The van der Waals surface area contributed by atoms with Crippen LogP contribution < -0.4 is 0 Å². The number of aliphatic hydroxyl groups excluding tert-OH is 1. The predicted molar refractivity (Wildman–Crippen MR) is 76.1 cm³/mol. The molecule has 19 heavy (non-hydrogen) atoms. The van der Waals surface area contributed by atoms with Crippen LogP contribution in [0.15, 0.2) is 18.2 Å². The molecule has 2 heterocycles. The van der Waals surface area contributed by atoms with Gasteiger partial charge in [-0.15, -0.1) is 11.3 Å². The van der Waals surface area contributed by atoms with Gasteiger partial charge >= 0.3 is 5.97 Å². The standard InChI is InChI=1S/C14H19NO3S/c16-8-6-11-5-7-15(9-11)10-13-2-1-12(19-13)3-4-14(17)18/h1-4,11,16H,5-10H2,(H,17,18)/b4-3+. The van der Waals surface area contributed by atoms with Crippen molar-refractivity contribution >= 4 is 23.4 Å². The summed E-state index contributed by atoms with van der Waals surface area (Å²) in [5.41, 5.74) is 0. The maximum atomic E-state index is 10.4. The molecule has 1 saturated heterocycles. The van der Waals surface area contributed by atoms with Crippen molar-refractivity contribution in [1.82, 2.24) is 4.90 Å². The van der Waals surface area contributed by atoms with E-state index in [1.54, 1.807) is 17.4 Å². The molecule has 0 saturated carbocycles. The molecule has 0 aromatic carbocycles. The number of aliphatic hydroxyl groups is 1. The summed E-state index contributed by atoms with van der Waals surface area (Å²) >= 11 is 1.64. The SMILES string of the molecule is O=C(O)/C=C/c1ccc(CN2CCC(CCO)C2)s1. The Morgan fingerprint density at radius 2 is 2.37 bits per heavy atom. The van der Waals surface area contributed by atoms with E-state index in [0.717, 1.165) is 37.4 Å². The van der Waals surface area contributed by atoms with Gasteiger partial charge in [0.25, 0.3) is 0 Å². The molecule has 4 nitrogen and oxygen atoms in total. The largest absolute Gasteiger partial charge is 0.478 e. The lowest BCUT2D eigenvalue weighted by atomic mass is 10.1. The molecule has 2 N–H and O–H groups in total. The molecule has 1 atom stereocenters. The minimum absolute atomic E-state index is 0.279. The summed E-state index contributed by atoms with van der Waals surface area (Å²) < 4.78 is 0. The highest BCUT2D eigenvalue weighted by molar-refractivity contribution is 7.12. The molecule has 1 fully saturated rings. The van der Waals surface area contributed by atoms with Crippen molar-refractivity contribution < 1.29 is 15.0 Å². The molecule has 0 spiro atoms. The van der Waals surface area contributed by atoms with E-state index < -0.39 is 5.97 Å². The van der Waals surface area contributed by atoms with Gasteiger partial charge in [-0.25, -0.2) is 4.79 Å². The van der Waals surface area contributed by atoms with Crippen LogP contribution in [0.25, 0.3) is 6.08 Å². The van der Waals surface area contributed by atoms with Crippen LogP contribution in [0.5, 0.6) is 0 Å². The van der Waals surface area contributed by atoms with E-state index in [0.29, 0.717) is 5.92 Å². The van der Waals surface area contributed by atoms with E-state index in [2.05, 4.69) is 11.0 Å². The van der Waals surface area contributed by atoms with E-state index in [-0.39, 0.29) is 6.61 Å². The minimum Gasteiger partial charge on any atom is -0.478 e. The van der Waals surface area contributed by atoms with Crippen molar-refractivity contribution in [3.63, 3.8) is 0 Å². The lowest BCUT2D eigenvalue weighted by Gasteiger charge is -2.14. The molecule has 0 bridgehead atoms. The molecule has 0 aliphatic carbocycles. The smallest absolute Gasteiger partial charge is 0.328 e. The third-order valence-corrected chi connectivity index (χ3v) is 4.39. The second-order valence-electron chi connectivity index (χ2n) is 4.88. The Morgan fingerprint density at radius 1 is 1.53 bits per heavy atom. The number of thiophene rings is 1. The van der Waals surface area contributed by atoms with Crippen LogP contribution in [-0.2, 0) is 11.3 Å². The Hall–Kier alpha value is -1.17. The highest BCUT2D eigenvalue weighted by Crippen LogP contribution is 2.24. The molecule has 1 unspecified atom stereocenters. The molecule has 5 heteroatoms.